The van der Waals surface area contributed by atoms with Crippen LogP contribution in [0.3, 0.4) is 0 Å². The smallest absolute Gasteiger partial charge is 0.0545 e. The molecule has 0 spiro atoms. The molecule has 0 radical (unpaired) electrons. The number of aryl methyl sites for hydroxylation is 1. The molecule has 4 nitrogen and oxygen atoms in total. The molecule has 1 unspecified atom stereocenters. The van der Waals surface area contributed by atoms with Gasteiger partial charge < -0.3 is 20.5 Å². The van der Waals surface area contributed by atoms with E-state index in [9.17, 15) is 0 Å². The fraction of sp³-hybridized carbons (Fsp3) is 0.171. The lowest BCUT2D eigenvalue weighted by atomic mass is 9.88. The summed E-state index contributed by atoms with van der Waals surface area (Å²) in [5.74, 6) is 0. The van der Waals surface area contributed by atoms with E-state index in [2.05, 4.69) is 146 Å². The summed E-state index contributed by atoms with van der Waals surface area (Å²) < 4.78 is 2.22. The minimum atomic E-state index is -0.192. The highest BCUT2D eigenvalue weighted by atomic mass is 15.2. The first-order valence-electron chi connectivity index (χ1n) is 15.7. The topological polar surface area (TPSA) is 46.2 Å². The van der Waals surface area contributed by atoms with Crippen molar-refractivity contribution in [3.63, 3.8) is 0 Å². The van der Waals surface area contributed by atoms with Gasteiger partial charge in [-0.1, -0.05) is 81.2 Å². The molecule has 7 rings (SSSR count). The summed E-state index contributed by atoms with van der Waals surface area (Å²) in [6.45, 7) is 10.8. The highest BCUT2D eigenvalue weighted by Gasteiger charge is 2.39. The molecule has 3 aliphatic rings. The Kier molecular flexibility index (Phi) is 7.01. The molecular formula is C41H40N4. The number of rotatable bonds is 5. The Morgan fingerprint density at radius 1 is 1.00 bits per heavy atom. The number of anilines is 3. The second kappa shape index (κ2) is 11.0. The molecule has 3 aromatic carbocycles. The van der Waals surface area contributed by atoms with Gasteiger partial charge in [0.1, 0.15) is 0 Å². The predicted molar refractivity (Wildman–Crippen MR) is 195 cm³/mol. The van der Waals surface area contributed by atoms with Gasteiger partial charge in [0.15, 0.2) is 0 Å². The van der Waals surface area contributed by atoms with Crippen LogP contribution in [-0.2, 0) is 7.05 Å². The van der Waals surface area contributed by atoms with Crippen LogP contribution < -0.4 is 16.0 Å². The summed E-state index contributed by atoms with van der Waals surface area (Å²) in [4.78, 5) is 2.51. The van der Waals surface area contributed by atoms with Gasteiger partial charge in [-0.15, -0.1) is 0 Å². The predicted octanol–water partition coefficient (Wildman–Crippen LogP) is 10.2. The summed E-state index contributed by atoms with van der Waals surface area (Å²) in [6.07, 6.45) is 26.2. The number of nitrogens with two attached hydrogens (primary N) is 1. The highest BCUT2D eigenvalue weighted by molar-refractivity contribution is 6.07. The van der Waals surface area contributed by atoms with Gasteiger partial charge in [0.05, 0.1) is 5.69 Å². The number of hydrogen-bond acceptors (Lipinski definition) is 3. The Hall–Kier alpha value is -5.22. The molecule has 2 aliphatic heterocycles. The number of allylic oxidation sites excluding steroid dienone is 6. The number of nitrogens with one attached hydrogen (secondary N) is 1. The fourth-order valence-electron chi connectivity index (χ4n) is 7.12. The van der Waals surface area contributed by atoms with Crippen molar-refractivity contribution in [3.8, 4) is 11.1 Å². The second-order valence-electron chi connectivity index (χ2n) is 12.6. The first-order chi connectivity index (χ1) is 21.8. The van der Waals surface area contributed by atoms with Crippen molar-refractivity contribution >= 4 is 51.8 Å². The van der Waals surface area contributed by atoms with Gasteiger partial charge in [0.25, 0.3) is 0 Å². The molecule has 1 aromatic heterocycles. The normalized spacial score (nSPS) is 18.3. The van der Waals surface area contributed by atoms with Crippen LogP contribution in [0.4, 0.5) is 17.1 Å². The van der Waals surface area contributed by atoms with Crippen LogP contribution in [0, 0.1) is 5.41 Å². The van der Waals surface area contributed by atoms with Crippen LogP contribution in [0.2, 0.25) is 0 Å². The van der Waals surface area contributed by atoms with E-state index in [-0.39, 0.29) is 11.5 Å². The van der Waals surface area contributed by atoms with Crippen LogP contribution in [0.15, 0.2) is 116 Å². The third-order valence-corrected chi connectivity index (χ3v) is 9.28. The average molecular weight is 589 g/mol. The zero-order chi connectivity index (χ0) is 31.3. The SMILES string of the molecule is C=Cc1ccc(N2C3=C(C=CC3(C)C)c3cc4c(ccn4C)cc3-c3c2ccc2c3C=CCC(/C=C\C=C/N)N2)cc1/C=C\C. The molecule has 1 aliphatic carbocycles. The Bertz CT molecular complexity index is 2040. The fourth-order valence-corrected chi connectivity index (χ4v) is 7.12. The van der Waals surface area contributed by atoms with Gasteiger partial charge in [0, 0.05) is 69.4 Å². The van der Waals surface area contributed by atoms with Crippen molar-refractivity contribution in [3.05, 3.63) is 138 Å². The largest absolute Gasteiger partial charge is 0.405 e. The van der Waals surface area contributed by atoms with Crippen LogP contribution in [0.25, 0.3) is 45.8 Å². The number of benzene rings is 3. The number of hydrogen-bond donors (Lipinski definition) is 2. The van der Waals surface area contributed by atoms with Crippen molar-refractivity contribution in [2.45, 2.75) is 33.2 Å². The molecule has 0 saturated heterocycles. The zero-order valence-electron chi connectivity index (χ0n) is 26.5. The van der Waals surface area contributed by atoms with Crippen molar-refractivity contribution < 1.29 is 0 Å². The average Bonchev–Trinajstić information content (AvgIpc) is 3.40. The Morgan fingerprint density at radius 3 is 2.67 bits per heavy atom. The van der Waals surface area contributed by atoms with E-state index in [1.54, 1.807) is 6.20 Å². The van der Waals surface area contributed by atoms with Crippen LogP contribution >= 0.6 is 0 Å². The first kappa shape index (κ1) is 28.5. The summed E-state index contributed by atoms with van der Waals surface area (Å²) in [5.41, 5.74) is 19.9. The molecule has 1 atom stereocenters. The molecule has 3 heterocycles. The van der Waals surface area contributed by atoms with E-state index in [0.29, 0.717) is 0 Å². The van der Waals surface area contributed by atoms with Gasteiger partial charge in [-0.2, -0.15) is 0 Å². The minimum absolute atomic E-state index is 0.162. The maximum absolute atomic E-state index is 5.60. The number of aromatic nitrogens is 1. The molecule has 4 aromatic rings. The molecule has 0 fully saturated rings. The third kappa shape index (κ3) is 4.69. The molecule has 0 amide bonds. The van der Waals surface area contributed by atoms with Crippen LogP contribution in [-0.4, -0.2) is 10.6 Å². The highest BCUT2D eigenvalue weighted by Crippen LogP contribution is 2.56. The van der Waals surface area contributed by atoms with Crippen molar-refractivity contribution in [2.24, 2.45) is 18.2 Å². The van der Waals surface area contributed by atoms with E-state index < -0.39 is 0 Å². The monoisotopic (exact) mass is 588 g/mol. The van der Waals surface area contributed by atoms with E-state index in [1.165, 1.54) is 50.1 Å². The van der Waals surface area contributed by atoms with E-state index in [1.807, 2.05) is 18.2 Å². The molecule has 4 heteroatoms. The summed E-state index contributed by atoms with van der Waals surface area (Å²) in [5, 5.41) is 5.07. The number of nitrogens with zero attached hydrogens (tertiary/aromatic N) is 2. The van der Waals surface area contributed by atoms with E-state index in [4.69, 9.17) is 5.73 Å². The lowest BCUT2D eigenvalue weighted by Crippen LogP contribution is -2.26. The number of fused-ring (bicyclic) bond motifs is 7. The zero-order valence-corrected chi connectivity index (χ0v) is 26.5. The molecule has 3 N–H and O–H groups in total. The Morgan fingerprint density at radius 2 is 1.87 bits per heavy atom. The molecule has 224 valence electrons. The maximum Gasteiger partial charge on any atom is 0.0545 e. The Labute approximate surface area is 266 Å². The lowest BCUT2D eigenvalue weighted by molar-refractivity contribution is 0.580. The van der Waals surface area contributed by atoms with E-state index in [0.717, 1.165) is 28.9 Å². The second-order valence-corrected chi connectivity index (χ2v) is 12.6. The quantitative estimate of drug-likeness (QED) is 0.228. The van der Waals surface area contributed by atoms with Crippen molar-refractivity contribution in [1.29, 1.82) is 0 Å². The van der Waals surface area contributed by atoms with Gasteiger partial charge in [-0.05, 0) is 90.3 Å². The summed E-state index contributed by atoms with van der Waals surface area (Å²) >= 11 is 0. The van der Waals surface area contributed by atoms with Crippen molar-refractivity contribution in [2.75, 3.05) is 10.2 Å². The molecule has 0 bridgehead atoms. The Balaban J connectivity index is 1.57. The molecule has 0 saturated carbocycles. The van der Waals surface area contributed by atoms with Gasteiger partial charge >= 0.3 is 0 Å². The lowest BCUT2D eigenvalue weighted by Gasteiger charge is -2.36. The van der Waals surface area contributed by atoms with Crippen LogP contribution in [0.1, 0.15) is 49.4 Å². The minimum Gasteiger partial charge on any atom is -0.405 e. The first-order valence-corrected chi connectivity index (χ1v) is 15.7. The van der Waals surface area contributed by atoms with Gasteiger partial charge in [0.2, 0.25) is 0 Å². The summed E-state index contributed by atoms with van der Waals surface area (Å²) in [7, 11) is 2.13. The maximum atomic E-state index is 5.60. The van der Waals surface area contributed by atoms with Gasteiger partial charge in [-0.25, -0.2) is 0 Å². The van der Waals surface area contributed by atoms with Gasteiger partial charge in [-0.3, -0.25) is 0 Å². The summed E-state index contributed by atoms with van der Waals surface area (Å²) in [6, 6.07) is 18.5. The van der Waals surface area contributed by atoms with E-state index >= 15 is 0 Å². The van der Waals surface area contributed by atoms with Crippen LogP contribution in [0.5, 0.6) is 0 Å². The standard InChI is InChI=1S/C41H40N4/c1-6-11-28-24-31(16-15-27(28)7-2)45-37-18-17-36-33(14-10-13-30(43-36)12-8-9-22-42)39(37)35-25-29-20-23-44(5)38(29)26-34(35)32-19-21-41(3,4)40(32)45/h6-12,14-26,30,43H,2,13,42H2,1,3-5H3/b11-6-,12-8-,22-9-. The molecule has 45 heavy (non-hydrogen) atoms. The van der Waals surface area contributed by atoms with Crippen molar-refractivity contribution in [1.82, 2.24) is 4.57 Å². The molecular weight excluding hydrogens is 548 g/mol. The third-order valence-electron chi connectivity index (χ3n) is 9.28.